The van der Waals surface area contributed by atoms with Crippen LogP contribution in [-0.4, -0.2) is 76.3 Å². The van der Waals surface area contributed by atoms with E-state index in [0.717, 1.165) is 16.6 Å². The molecule has 1 fully saturated rings. The van der Waals surface area contributed by atoms with Crippen molar-refractivity contribution in [3.05, 3.63) is 95.6 Å². The molecule has 1 saturated heterocycles. The number of carbonyl (C=O) groups excluding carboxylic acids is 2. The van der Waals surface area contributed by atoms with Gasteiger partial charge in [-0.05, 0) is 48.6 Å². The molecule has 0 aliphatic carbocycles. The largest absolute Gasteiger partial charge is 0.370 e. The molecule has 0 saturated carbocycles. The standard InChI is InChI=1S/C31H37N9O2/c32-31(33)34-16-7-12-27-30(42)40(20-25(21-8-3-1-4-9-21)22-10-5-2-6-11-22)17-15-24(36-27)19-35-29(41)23-13-14-26-28(18-23)38-39-37-26/h1-6,8-11,13-14,18,24-25,27,36H,7,12,15-17,19-20H2,(H,35,41)(H4,32,33,34)(H,37,38,39)/t24-,27-/m0/s1. The molecule has 0 bridgehead atoms. The number of rotatable bonds is 11. The summed E-state index contributed by atoms with van der Waals surface area (Å²) in [4.78, 5) is 28.9. The summed E-state index contributed by atoms with van der Waals surface area (Å²) in [6.07, 6.45) is 1.92. The Morgan fingerprint density at radius 1 is 1.05 bits per heavy atom. The van der Waals surface area contributed by atoms with Gasteiger partial charge in [0.05, 0.1) is 11.6 Å². The minimum absolute atomic E-state index is 0.0269. The molecular formula is C31H37N9O2. The van der Waals surface area contributed by atoms with Crippen LogP contribution in [0.1, 0.15) is 46.7 Å². The SMILES string of the molecule is N=C(N)NCCC[C@@H]1N[C@H](CNC(=O)c2ccc3[nH]nnc3c2)CCN(CC(c2ccccc2)c2ccccc2)C1=O. The predicted molar refractivity (Wildman–Crippen MR) is 162 cm³/mol. The first-order chi connectivity index (χ1) is 20.5. The van der Waals surface area contributed by atoms with Gasteiger partial charge in [-0.1, -0.05) is 65.9 Å². The second-order valence-corrected chi connectivity index (χ2v) is 10.6. The van der Waals surface area contributed by atoms with Crippen molar-refractivity contribution in [1.82, 2.24) is 36.3 Å². The fourth-order valence-electron chi connectivity index (χ4n) is 5.45. The van der Waals surface area contributed by atoms with Crippen LogP contribution in [-0.2, 0) is 4.79 Å². The molecule has 2 heterocycles. The van der Waals surface area contributed by atoms with E-state index < -0.39 is 6.04 Å². The molecule has 1 aliphatic heterocycles. The van der Waals surface area contributed by atoms with E-state index >= 15 is 0 Å². The number of benzene rings is 3. The van der Waals surface area contributed by atoms with Crippen molar-refractivity contribution < 1.29 is 9.59 Å². The Kier molecular flexibility index (Phi) is 9.40. The number of aromatic amines is 1. The van der Waals surface area contributed by atoms with Crippen LogP contribution >= 0.6 is 0 Å². The maximum Gasteiger partial charge on any atom is 0.251 e. The number of hydrogen-bond donors (Lipinski definition) is 6. The Labute approximate surface area is 244 Å². The summed E-state index contributed by atoms with van der Waals surface area (Å²) in [5.74, 6) is -0.224. The Morgan fingerprint density at radius 3 is 2.45 bits per heavy atom. The van der Waals surface area contributed by atoms with Crippen molar-refractivity contribution in [3.8, 4) is 0 Å². The zero-order chi connectivity index (χ0) is 29.3. The van der Waals surface area contributed by atoms with Gasteiger partial charge in [0.25, 0.3) is 5.91 Å². The Hall–Kier alpha value is -4.77. The fourth-order valence-corrected chi connectivity index (χ4v) is 5.45. The molecule has 5 rings (SSSR count). The highest BCUT2D eigenvalue weighted by atomic mass is 16.2. The quantitative estimate of drug-likeness (QED) is 0.0920. The van der Waals surface area contributed by atoms with E-state index in [1.165, 1.54) is 0 Å². The number of fused-ring (bicyclic) bond motifs is 1. The lowest BCUT2D eigenvalue weighted by atomic mass is 9.90. The summed E-state index contributed by atoms with van der Waals surface area (Å²) in [7, 11) is 0. The lowest BCUT2D eigenvalue weighted by molar-refractivity contribution is -0.133. The number of nitrogens with two attached hydrogens (primary N) is 1. The molecule has 1 aliphatic rings. The lowest BCUT2D eigenvalue weighted by Gasteiger charge is -2.29. The maximum absolute atomic E-state index is 13.9. The summed E-state index contributed by atoms with van der Waals surface area (Å²) in [5.41, 5.74) is 9.65. The topological polar surface area (TPSA) is 165 Å². The molecule has 2 amide bonds. The highest BCUT2D eigenvalue weighted by Crippen LogP contribution is 2.27. The summed E-state index contributed by atoms with van der Waals surface area (Å²) < 4.78 is 0. The van der Waals surface area contributed by atoms with Crippen molar-refractivity contribution >= 4 is 28.8 Å². The predicted octanol–water partition coefficient (Wildman–Crippen LogP) is 2.34. The van der Waals surface area contributed by atoms with Gasteiger partial charge >= 0.3 is 0 Å². The zero-order valence-corrected chi connectivity index (χ0v) is 23.4. The number of aromatic nitrogens is 3. The van der Waals surface area contributed by atoms with Crippen LogP contribution in [0.25, 0.3) is 11.0 Å². The Balaban J connectivity index is 1.30. The van der Waals surface area contributed by atoms with Gasteiger partial charge in [0.2, 0.25) is 5.91 Å². The summed E-state index contributed by atoms with van der Waals surface area (Å²) in [6, 6.07) is 25.2. The number of H-pyrrole nitrogens is 1. The first-order valence-corrected chi connectivity index (χ1v) is 14.3. The zero-order valence-electron chi connectivity index (χ0n) is 23.4. The van der Waals surface area contributed by atoms with Crippen molar-refractivity contribution in [2.75, 3.05) is 26.2 Å². The first-order valence-electron chi connectivity index (χ1n) is 14.3. The number of nitrogens with one attached hydrogen (secondary N) is 5. The van der Waals surface area contributed by atoms with Crippen LogP contribution in [0.15, 0.2) is 78.9 Å². The number of carbonyl (C=O) groups is 2. The smallest absolute Gasteiger partial charge is 0.251 e. The third kappa shape index (κ3) is 7.29. The molecule has 7 N–H and O–H groups in total. The van der Waals surface area contributed by atoms with Crippen LogP contribution in [0.4, 0.5) is 0 Å². The van der Waals surface area contributed by atoms with E-state index in [4.69, 9.17) is 11.1 Å². The van der Waals surface area contributed by atoms with E-state index in [1.54, 1.807) is 18.2 Å². The van der Waals surface area contributed by atoms with Crippen molar-refractivity contribution in [2.24, 2.45) is 5.73 Å². The number of hydrogen-bond acceptors (Lipinski definition) is 6. The Morgan fingerprint density at radius 2 is 1.76 bits per heavy atom. The van der Waals surface area contributed by atoms with Gasteiger partial charge in [-0.15, -0.1) is 5.10 Å². The molecule has 0 spiro atoms. The average molecular weight is 568 g/mol. The van der Waals surface area contributed by atoms with E-state index in [2.05, 4.69) is 55.6 Å². The second kappa shape index (κ2) is 13.7. The van der Waals surface area contributed by atoms with Crippen LogP contribution in [0.2, 0.25) is 0 Å². The Bertz CT molecular complexity index is 1450. The minimum Gasteiger partial charge on any atom is -0.370 e. The van der Waals surface area contributed by atoms with Crippen LogP contribution in [0.3, 0.4) is 0 Å². The molecule has 4 aromatic rings. The second-order valence-electron chi connectivity index (χ2n) is 10.6. The summed E-state index contributed by atoms with van der Waals surface area (Å²) in [5, 5.41) is 27.4. The van der Waals surface area contributed by atoms with Gasteiger partial charge in [-0.2, -0.15) is 0 Å². The number of amides is 2. The molecule has 0 unspecified atom stereocenters. The highest BCUT2D eigenvalue weighted by Gasteiger charge is 2.32. The maximum atomic E-state index is 13.9. The number of nitrogens with zero attached hydrogens (tertiary/aromatic N) is 3. The minimum atomic E-state index is -0.429. The molecule has 218 valence electrons. The molecule has 0 radical (unpaired) electrons. The summed E-state index contributed by atoms with van der Waals surface area (Å²) >= 11 is 0. The van der Waals surface area contributed by atoms with Gasteiger partial charge in [0.15, 0.2) is 5.96 Å². The lowest BCUT2D eigenvalue weighted by Crippen LogP contribution is -2.49. The molecule has 1 aromatic heterocycles. The monoisotopic (exact) mass is 567 g/mol. The summed E-state index contributed by atoms with van der Waals surface area (Å²) in [6.45, 7) is 1.99. The molecule has 42 heavy (non-hydrogen) atoms. The van der Waals surface area contributed by atoms with Crippen LogP contribution in [0, 0.1) is 5.41 Å². The molecule has 11 nitrogen and oxygen atoms in total. The van der Waals surface area contributed by atoms with Crippen molar-refractivity contribution in [1.29, 1.82) is 5.41 Å². The first kappa shape index (κ1) is 28.7. The third-order valence-electron chi connectivity index (χ3n) is 7.68. The molecule has 3 aromatic carbocycles. The van der Waals surface area contributed by atoms with Gasteiger partial charge in [0, 0.05) is 43.7 Å². The fraction of sp³-hybridized carbons (Fsp3) is 0.323. The van der Waals surface area contributed by atoms with Crippen molar-refractivity contribution in [3.63, 3.8) is 0 Å². The normalized spacial score (nSPS) is 17.3. The van der Waals surface area contributed by atoms with Gasteiger partial charge in [0.1, 0.15) is 5.52 Å². The third-order valence-corrected chi connectivity index (χ3v) is 7.68. The molecule has 2 atom stereocenters. The van der Waals surface area contributed by atoms with Gasteiger partial charge < -0.3 is 26.6 Å². The van der Waals surface area contributed by atoms with Gasteiger partial charge in [-0.25, -0.2) is 0 Å². The molecular weight excluding hydrogens is 530 g/mol. The van der Waals surface area contributed by atoms with E-state index in [9.17, 15) is 9.59 Å². The average Bonchev–Trinajstić information content (AvgIpc) is 3.43. The highest BCUT2D eigenvalue weighted by molar-refractivity contribution is 5.97. The van der Waals surface area contributed by atoms with Gasteiger partial charge in [-0.3, -0.25) is 20.1 Å². The van der Waals surface area contributed by atoms with E-state index in [1.807, 2.05) is 41.3 Å². The van der Waals surface area contributed by atoms with E-state index in [0.29, 0.717) is 56.5 Å². The van der Waals surface area contributed by atoms with Crippen LogP contribution < -0.4 is 21.7 Å². The van der Waals surface area contributed by atoms with Crippen molar-refractivity contribution in [2.45, 2.75) is 37.3 Å². The number of guanidine groups is 1. The van der Waals surface area contributed by atoms with Crippen LogP contribution in [0.5, 0.6) is 0 Å². The van der Waals surface area contributed by atoms with E-state index in [-0.39, 0.29) is 29.7 Å². The molecule has 11 heteroatoms.